The number of amides is 1. The van der Waals surface area contributed by atoms with Crippen molar-refractivity contribution in [2.45, 2.75) is 25.3 Å². The zero-order valence-electron chi connectivity index (χ0n) is 9.80. The molecule has 5 nitrogen and oxygen atoms in total. The standard InChI is InChI=1S/C12H15NO4/c1-7(12(15)16-2)13-11(14)9-6-8(9)10-4-3-5-17-10/h3-5,7-9H,6H2,1-2H3,(H,13,14)/t7-,8?,9?/m1/s1. The number of hydrogen-bond donors (Lipinski definition) is 1. The second-order valence-electron chi connectivity index (χ2n) is 4.22. The van der Waals surface area contributed by atoms with Crippen molar-refractivity contribution >= 4 is 11.9 Å². The Kier molecular flexibility index (Phi) is 3.17. The van der Waals surface area contributed by atoms with Crippen LogP contribution in [-0.4, -0.2) is 25.0 Å². The number of carbonyl (C=O) groups is 2. The molecule has 1 aromatic heterocycles. The van der Waals surface area contributed by atoms with Crippen molar-refractivity contribution in [3.8, 4) is 0 Å². The zero-order valence-corrected chi connectivity index (χ0v) is 9.80. The van der Waals surface area contributed by atoms with Gasteiger partial charge < -0.3 is 14.5 Å². The Bertz CT molecular complexity index is 412. The van der Waals surface area contributed by atoms with E-state index < -0.39 is 12.0 Å². The molecule has 1 aliphatic carbocycles. The maximum atomic E-state index is 11.8. The minimum atomic E-state index is -0.606. The summed E-state index contributed by atoms with van der Waals surface area (Å²) < 4.78 is 9.78. The summed E-state index contributed by atoms with van der Waals surface area (Å²) >= 11 is 0. The molecule has 2 rings (SSSR count). The third kappa shape index (κ3) is 2.49. The fourth-order valence-electron chi connectivity index (χ4n) is 1.86. The van der Waals surface area contributed by atoms with Crippen molar-refractivity contribution in [1.82, 2.24) is 5.32 Å². The van der Waals surface area contributed by atoms with E-state index in [0.717, 1.165) is 12.2 Å². The van der Waals surface area contributed by atoms with Gasteiger partial charge in [-0.05, 0) is 25.5 Å². The monoisotopic (exact) mass is 237 g/mol. The van der Waals surface area contributed by atoms with Crippen molar-refractivity contribution in [2.75, 3.05) is 7.11 Å². The highest BCUT2D eigenvalue weighted by molar-refractivity contribution is 5.87. The predicted molar refractivity (Wildman–Crippen MR) is 59.2 cm³/mol. The van der Waals surface area contributed by atoms with Crippen LogP contribution in [0.5, 0.6) is 0 Å². The summed E-state index contributed by atoms with van der Waals surface area (Å²) in [7, 11) is 1.30. The van der Waals surface area contributed by atoms with E-state index >= 15 is 0 Å². The van der Waals surface area contributed by atoms with Crippen LogP contribution in [0.4, 0.5) is 0 Å². The molecule has 2 unspecified atom stereocenters. The summed E-state index contributed by atoms with van der Waals surface area (Å²) in [6.07, 6.45) is 2.37. The van der Waals surface area contributed by atoms with E-state index in [-0.39, 0.29) is 17.7 Å². The zero-order chi connectivity index (χ0) is 12.4. The molecule has 1 aliphatic rings. The van der Waals surface area contributed by atoms with Gasteiger partial charge in [-0.1, -0.05) is 0 Å². The van der Waals surface area contributed by atoms with Gasteiger partial charge in [-0.3, -0.25) is 4.79 Å². The lowest BCUT2D eigenvalue weighted by Gasteiger charge is -2.10. The Balaban J connectivity index is 1.85. The van der Waals surface area contributed by atoms with Crippen LogP contribution >= 0.6 is 0 Å². The maximum Gasteiger partial charge on any atom is 0.328 e. The minimum absolute atomic E-state index is 0.0896. The van der Waals surface area contributed by atoms with E-state index in [0.29, 0.717) is 0 Å². The van der Waals surface area contributed by atoms with Gasteiger partial charge >= 0.3 is 5.97 Å². The molecule has 1 fully saturated rings. The first-order valence-corrected chi connectivity index (χ1v) is 5.55. The molecular weight excluding hydrogens is 222 g/mol. The van der Waals surface area contributed by atoms with Crippen molar-refractivity contribution < 1.29 is 18.7 Å². The second-order valence-corrected chi connectivity index (χ2v) is 4.22. The largest absolute Gasteiger partial charge is 0.469 e. The van der Waals surface area contributed by atoms with E-state index in [2.05, 4.69) is 10.1 Å². The van der Waals surface area contributed by atoms with E-state index in [1.165, 1.54) is 7.11 Å². The van der Waals surface area contributed by atoms with Crippen LogP contribution in [0.3, 0.4) is 0 Å². The van der Waals surface area contributed by atoms with Crippen LogP contribution in [0, 0.1) is 5.92 Å². The van der Waals surface area contributed by atoms with Gasteiger partial charge in [0, 0.05) is 11.8 Å². The molecule has 1 N–H and O–H groups in total. The van der Waals surface area contributed by atoms with Crippen LogP contribution in [0.2, 0.25) is 0 Å². The summed E-state index contributed by atoms with van der Waals surface area (Å²) in [5.41, 5.74) is 0. The van der Waals surface area contributed by atoms with Crippen molar-refractivity contribution in [1.29, 1.82) is 0 Å². The van der Waals surface area contributed by atoms with Gasteiger partial charge in [0.25, 0.3) is 0 Å². The van der Waals surface area contributed by atoms with E-state index in [4.69, 9.17) is 4.42 Å². The molecule has 1 aromatic rings. The lowest BCUT2D eigenvalue weighted by Crippen LogP contribution is -2.40. The number of nitrogens with one attached hydrogen (secondary N) is 1. The number of rotatable bonds is 4. The first-order valence-electron chi connectivity index (χ1n) is 5.55. The van der Waals surface area contributed by atoms with Gasteiger partial charge in [0.2, 0.25) is 5.91 Å². The van der Waals surface area contributed by atoms with Gasteiger partial charge in [0.15, 0.2) is 0 Å². The molecule has 5 heteroatoms. The Morgan fingerprint density at radius 3 is 2.94 bits per heavy atom. The lowest BCUT2D eigenvalue weighted by molar-refractivity contribution is -0.144. The molecule has 17 heavy (non-hydrogen) atoms. The van der Waals surface area contributed by atoms with Gasteiger partial charge in [0.05, 0.1) is 13.4 Å². The van der Waals surface area contributed by atoms with Crippen LogP contribution < -0.4 is 5.32 Å². The second kappa shape index (κ2) is 4.61. The molecule has 1 amide bonds. The number of methoxy groups -OCH3 is 1. The average molecular weight is 237 g/mol. The van der Waals surface area contributed by atoms with Gasteiger partial charge in [-0.2, -0.15) is 0 Å². The molecule has 0 spiro atoms. The number of carbonyl (C=O) groups excluding carboxylic acids is 2. The van der Waals surface area contributed by atoms with E-state index in [1.807, 2.05) is 6.07 Å². The summed E-state index contributed by atoms with van der Waals surface area (Å²) in [4.78, 5) is 22.9. The van der Waals surface area contributed by atoms with Crippen molar-refractivity contribution in [3.63, 3.8) is 0 Å². The number of hydrogen-bond acceptors (Lipinski definition) is 4. The van der Waals surface area contributed by atoms with Crippen LogP contribution in [0.25, 0.3) is 0 Å². The minimum Gasteiger partial charge on any atom is -0.469 e. The molecule has 1 heterocycles. The Morgan fingerprint density at radius 2 is 2.35 bits per heavy atom. The topological polar surface area (TPSA) is 68.5 Å². The summed E-state index contributed by atoms with van der Waals surface area (Å²) in [5.74, 6) is 0.330. The van der Waals surface area contributed by atoms with E-state index in [9.17, 15) is 9.59 Å². The first-order chi connectivity index (χ1) is 8.13. The smallest absolute Gasteiger partial charge is 0.328 e. The highest BCUT2D eigenvalue weighted by atomic mass is 16.5. The van der Waals surface area contributed by atoms with E-state index in [1.54, 1.807) is 19.3 Å². The average Bonchev–Trinajstić information content (AvgIpc) is 2.95. The molecular formula is C12H15NO4. The lowest BCUT2D eigenvalue weighted by atomic mass is 10.2. The quantitative estimate of drug-likeness (QED) is 0.795. The summed E-state index contributed by atoms with van der Waals surface area (Å²) in [5, 5.41) is 2.63. The number of ether oxygens (including phenoxy) is 1. The molecule has 0 aromatic carbocycles. The third-order valence-electron chi connectivity index (χ3n) is 2.95. The van der Waals surface area contributed by atoms with Gasteiger partial charge in [0.1, 0.15) is 11.8 Å². The van der Waals surface area contributed by atoms with Crippen molar-refractivity contribution in [3.05, 3.63) is 24.2 Å². The first kappa shape index (κ1) is 11.7. The molecule has 0 radical (unpaired) electrons. The molecule has 0 bridgehead atoms. The molecule has 0 saturated heterocycles. The third-order valence-corrected chi connectivity index (χ3v) is 2.95. The SMILES string of the molecule is COC(=O)[C@@H](C)NC(=O)C1CC1c1ccco1. The molecule has 3 atom stereocenters. The predicted octanol–water partition coefficient (Wildman–Crippen LogP) is 1.06. The molecule has 0 aliphatic heterocycles. The highest BCUT2D eigenvalue weighted by Crippen LogP contribution is 2.47. The summed E-state index contributed by atoms with van der Waals surface area (Å²) in [6, 6.07) is 3.06. The fraction of sp³-hybridized carbons (Fsp3) is 0.500. The molecule has 1 saturated carbocycles. The normalized spacial score (nSPS) is 23.9. The highest BCUT2D eigenvalue weighted by Gasteiger charge is 2.46. The molecule has 92 valence electrons. The van der Waals surface area contributed by atoms with Crippen LogP contribution in [0.15, 0.2) is 22.8 Å². The maximum absolute atomic E-state index is 11.8. The Labute approximate surface area is 99.1 Å². The number of esters is 1. The Hall–Kier alpha value is -1.78. The summed E-state index contributed by atoms with van der Waals surface area (Å²) in [6.45, 7) is 1.61. The van der Waals surface area contributed by atoms with Crippen molar-refractivity contribution in [2.24, 2.45) is 5.92 Å². The van der Waals surface area contributed by atoms with Crippen LogP contribution in [0.1, 0.15) is 25.0 Å². The Morgan fingerprint density at radius 1 is 1.59 bits per heavy atom. The fourth-order valence-corrected chi connectivity index (χ4v) is 1.86. The number of furan rings is 1. The van der Waals surface area contributed by atoms with Gasteiger partial charge in [-0.15, -0.1) is 0 Å². The van der Waals surface area contributed by atoms with Gasteiger partial charge in [-0.25, -0.2) is 4.79 Å². The van der Waals surface area contributed by atoms with Crippen LogP contribution in [-0.2, 0) is 14.3 Å².